The molecule has 128 valence electrons. The number of ether oxygens (including phenoxy) is 1. The first-order chi connectivity index (χ1) is 11.2. The van der Waals surface area contributed by atoms with Crippen molar-refractivity contribution in [3.63, 3.8) is 0 Å². The number of anilines is 1. The lowest BCUT2D eigenvalue weighted by Crippen LogP contribution is -2.19. The van der Waals surface area contributed by atoms with Crippen LogP contribution in [0.15, 0.2) is 18.2 Å². The van der Waals surface area contributed by atoms with Crippen LogP contribution < -0.4 is 5.73 Å². The topological polar surface area (TPSA) is 52.3 Å². The highest BCUT2D eigenvalue weighted by Crippen LogP contribution is 2.29. The van der Waals surface area contributed by atoms with E-state index in [0.717, 1.165) is 31.4 Å². The number of unbranched alkanes of at least 4 members (excludes halogenated alkanes) is 5. The van der Waals surface area contributed by atoms with Crippen LogP contribution in [0.2, 0.25) is 0 Å². The zero-order chi connectivity index (χ0) is 16.5. The van der Waals surface area contributed by atoms with Crippen molar-refractivity contribution in [1.29, 1.82) is 0 Å². The summed E-state index contributed by atoms with van der Waals surface area (Å²) in [5.41, 5.74) is 9.37. The molecule has 0 aliphatic heterocycles. The third-order valence-corrected chi connectivity index (χ3v) is 4.78. The minimum Gasteiger partial charge on any atom is -0.466 e. The van der Waals surface area contributed by atoms with Crippen LogP contribution >= 0.6 is 0 Å². The molecule has 23 heavy (non-hydrogen) atoms. The Morgan fingerprint density at radius 1 is 1.17 bits per heavy atom. The van der Waals surface area contributed by atoms with Gasteiger partial charge >= 0.3 is 5.97 Å². The van der Waals surface area contributed by atoms with Crippen molar-refractivity contribution in [3.8, 4) is 0 Å². The van der Waals surface area contributed by atoms with Crippen molar-refractivity contribution in [2.45, 2.75) is 71.1 Å². The second-order valence-electron chi connectivity index (χ2n) is 6.83. The summed E-state index contributed by atoms with van der Waals surface area (Å²) in [5.74, 6) is 0.372. The highest BCUT2D eigenvalue weighted by Gasteiger charge is 2.21. The van der Waals surface area contributed by atoms with Gasteiger partial charge in [0.25, 0.3) is 0 Å². The molecule has 0 saturated heterocycles. The van der Waals surface area contributed by atoms with Crippen molar-refractivity contribution in [3.05, 3.63) is 29.3 Å². The zero-order valence-electron chi connectivity index (χ0n) is 14.5. The lowest BCUT2D eigenvalue weighted by atomic mass is 9.82. The summed E-state index contributed by atoms with van der Waals surface area (Å²) in [7, 11) is 0. The van der Waals surface area contributed by atoms with Crippen LogP contribution in [0.5, 0.6) is 0 Å². The van der Waals surface area contributed by atoms with Gasteiger partial charge in [-0.2, -0.15) is 0 Å². The number of rotatable bonds is 9. The van der Waals surface area contributed by atoms with Gasteiger partial charge in [-0.1, -0.05) is 45.1 Å². The van der Waals surface area contributed by atoms with E-state index in [-0.39, 0.29) is 5.97 Å². The number of fused-ring (bicyclic) bond motifs is 1. The van der Waals surface area contributed by atoms with Gasteiger partial charge in [-0.05, 0) is 54.9 Å². The van der Waals surface area contributed by atoms with Crippen molar-refractivity contribution in [2.75, 3.05) is 12.3 Å². The van der Waals surface area contributed by atoms with Gasteiger partial charge in [0.2, 0.25) is 0 Å². The fourth-order valence-corrected chi connectivity index (χ4v) is 3.39. The molecular weight excluding hydrogens is 286 g/mol. The van der Waals surface area contributed by atoms with E-state index in [1.165, 1.54) is 43.2 Å². The van der Waals surface area contributed by atoms with E-state index >= 15 is 0 Å². The Morgan fingerprint density at radius 2 is 1.96 bits per heavy atom. The first-order valence-electron chi connectivity index (χ1n) is 9.22. The molecule has 0 amide bonds. The summed E-state index contributed by atoms with van der Waals surface area (Å²) >= 11 is 0. The predicted molar refractivity (Wildman–Crippen MR) is 95.3 cm³/mol. The Bertz CT molecular complexity index is 498. The van der Waals surface area contributed by atoms with Crippen LogP contribution in [0.1, 0.15) is 69.4 Å². The highest BCUT2D eigenvalue weighted by atomic mass is 16.5. The van der Waals surface area contributed by atoms with E-state index < -0.39 is 0 Å². The molecular formula is C20H31NO2. The maximum atomic E-state index is 12.0. The van der Waals surface area contributed by atoms with E-state index in [2.05, 4.69) is 19.1 Å². The van der Waals surface area contributed by atoms with E-state index in [0.29, 0.717) is 18.9 Å². The van der Waals surface area contributed by atoms with Crippen molar-refractivity contribution in [2.24, 2.45) is 5.92 Å². The Balaban J connectivity index is 1.62. The summed E-state index contributed by atoms with van der Waals surface area (Å²) in [6, 6.07) is 6.15. The van der Waals surface area contributed by atoms with Crippen LogP contribution in [0, 0.1) is 5.92 Å². The second-order valence-corrected chi connectivity index (χ2v) is 6.83. The molecule has 2 N–H and O–H groups in total. The van der Waals surface area contributed by atoms with Crippen LogP contribution in [0.3, 0.4) is 0 Å². The van der Waals surface area contributed by atoms with Crippen LogP contribution in [-0.4, -0.2) is 12.6 Å². The number of esters is 1. The summed E-state index contributed by atoms with van der Waals surface area (Å²) in [6.45, 7) is 2.81. The maximum absolute atomic E-state index is 12.0. The normalized spacial score (nSPS) is 16.8. The Hall–Kier alpha value is -1.51. The van der Waals surface area contributed by atoms with Crippen molar-refractivity contribution < 1.29 is 9.53 Å². The minimum absolute atomic E-state index is 0.0316. The van der Waals surface area contributed by atoms with Gasteiger partial charge in [-0.15, -0.1) is 0 Å². The van der Waals surface area contributed by atoms with Crippen LogP contribution in [0.4, 0.5) is 5.69 Å². The molecule has 0 saturated carbocycles. The van der Waals surface area contributed by atoms with Gasteiger partial charge in [-0.25, -0.2) is 0 Å². The number of hydrogen-bond donors (Lipinski definition) is 1. The summed E-state index contributed by atoms with van der Waals surface area (Å²) < 4.78 is 5.40. The van der Waals surface area contributed by atoms with Crippen molar-refractivity contribution >= 4 is 11.7 Å². The molecule has 0 aromatic heterocycles. The van der Waals surface area contributed by atoms with Crippen LogP contribution in [-0.2, 0) is 22.4 Å². The monoisotopic (exact) mass is 317 g/mol. The standard InChI is InChI=1S/C20H31NO2/c1-2-3-4-5-6-7-12-23-20(22)14-16-8-9-17-10-11-19(21)15-18(17)13-16/h10-11,15-16H,2-9,12-14,21H2,1H3. The third kappa shape index (κ3) is 6.25. The SMILES string of the molecule is CCCCCCCCOC(=O)CC1CCc2ccc(N)cc2C1. The van der Waals surface area contributed by atoms with Gasteiger partial charge < -0.3 is 10.5 Å². The number of nitrogens with two attached hydrogens (primary N) is 1. The molecule has 1 atom stereocenters. The van der Waals surface area contributed by atoms with E-state index in [1.807, 2.05) is 6.07 Å². The van der Waals surface area contributed by atoms with Gasteiger partial charge in [0.15, 0.2) is 0 Å². The average molecular weight is 317 g/mol. The summed E-state index contributed by atoms with van der Waals surface area (Å²) in [5, 5.41) is 0. The predicted octanol–water partition coefficient (Wildman–Crippen LogP) is 4.67. The third-order valence-electron chi connectivity index (χ3n) is 4.78. The van der Waals surface area contributed by atoms with Gasteiger partial charge in [0.1, 0.15) is 0 Å². The lowest BCUT2D eigenvalue weighted by Gasteiger charge is -2.24. The van der Waals surface area contributed by atoms with Gasteiger partial charge in [0.05, 0.1) is 6.61 Å². The molecule has 0 radical (unpaired) electrons. The summed E-state index contributed by atoms with van der Waals surface area (Å²) in [6.07, 6.45) is 10.9. The highest BCUT2D eigenvalue weighted by molar-refractivity contribution is 5.69. The molecule has 1 aromatic carbocycles. The number of carbonyl (C=O) groups is 1. The largest absolute Gasteiger partial charge is 0.466 e. The molecule has 1 aliphatic rings. The van der Waals surface area contributed by atoms with Crippen LogP contribution in [0.25, 0.3) is 0 Å². The average Bonchev–Trinajstić information content (AvgIpc) is 2.53. The molecule has 2 rings (SSSR count). The number of benzene rings is 1. The fraction of sp³-hybridized carbons (Fsp3) is 0.650. The number of nitrogen functional groups attached to an aromatic ring is 1. The Kier molecular flexibility index (Phi) is 7.44. The molecule has 0 fully saturated rings. The molecule has 3 nitrogen and oxygen atoms in total. The van der Waals surface area contributed by atoms with Crippen molar-refractivity contribution in [1.82, 2.24) is 0 Å². The first-order valence-corrected chi connectivity index (χ1v) is 9.22. The number of carbonyl (C=O) groups excluding carboxylic acids is 1. The maximum Gasteiger partial charge on any atom is 0.306 e. The molecule has 0 heterocycles. The molecule has 1 unspecified atom stereocenters. The molecule has 1 aliphatic carbocycles. The minimum atomic E-state index is -0.0316. The quantitative estimate of drug-likeness (QED) is 0.409. The molecule has 3 heteroatoms. The van der Waals surface area contributed by atoms with E-state index in [1.54, 1.807) is 0 Å². The zero-order valence-corrected chi connectivity index (χ0v) is 14.5. The van der Waals surface area contributed by atoms with E-state index in [4.69, 9.17) is 10.5 Å². The molecule has 1 aromatic rings. The Labute approximate surface area is 140 Å². The number of aryl methyl sites for hydroxylation is 1. The lowest BCUT2D eigenvalue weighted by molar-refractivity contribution is -0.145. The van der Waals surface area contributed by atoms with E-state index in [9.17, 15) is 4.79 Å². The van der Waals surface area contributed by atoms with Gasteiger partial charge in [-0.3, -0.25) is 4.79 Å². The summed E-state index contributed by atoms with van der Waals surface area (Å²) in [4.78, 5) is 12.0. The molecule has 0 spiro atoms. The smallest absolute Gasteiger partial charge is 0.306 e. The Morgan fingerprint density at radius 3 is 2.78 bits per heavy atom. The van der Waals surface area contributed by atoms with Gasteiger partial charge in [0, 0.05) is 12.1 Å². The fourth-order valence-electron chi connectivity index (χ4n) is 3.39. The first kappa shape index (κ1) is 17.8. The number of hydrogen-bond acceptors (Lipinski definition) is 3. The molecule has 0 bridgehead atoms. The second kappa shape index (κ2) is 9.59.